The molecule has 29 heavy (non-hydrogen) atoms. The normalized spacial score (nSPS) is 21.1. The van der Waals surface area contributed by atoms with Crippen LogP contribution in [-0.4, -0.2) is 24.8 Å². The number of carbonyl (C=O) groups excluding carboxylic acids is 1. The molecule has 1 fully saturated rings. The summed E-state index contributed by atoms with van der Waals surface area (Å²) in [7, 11) is -3.65. The Kier molecular flexibility index (Phi) is 19.7. The predicted octanol–water partition coefficient (Wildman–Crippen LogP) is 3.14. The maximum absolute atomic E-state index is 11.7. The van der Waals surface area contributed by atoms with E-state index in [0.717, 1.165) is 12.8 Å². The van der Waals surface area contributed by atoms with E-state index in [-0.39, 0.29) is 48.3 Å². The molecule has 1 saturated heterocycles. The number of ether oxygens (including phenoxy) is 1. The first-order chi connectivity index (χ1) is 13.5. The van der Waals surface area contributed by atoms with Crippen molar-refractivity contribution in [2.24, 2.45) is 0 Å². The van der Waals surface area contributed by atoms with Gasteiger partial charge in [-0.3, -0.25) is 4.79 Å². The van der Waals surface area contributed by atoms with Gasteiger partial charge in [0.1, 0.15) is 14.2 Å². The third-order valence-corrected chi connectivity index (χ3v) is 6.87. The van der Waals surface area contributed by atoms with E-state index in [4.69, 9.17) is 9.26 Å². The third-order valence-electron chi connectivity index (χ3n) is 5.45. The van der Waals surface area contributed by atoms with E-state index < -0.39 is 13.7 Å². The second-order valence-corrected chi connectivity index (χ2v) is 10.1. The molecule has 0 amide bonds. The summed E-state index contributed by atoms with van der Waals surface area (Å²) in [5, 5.41) is 0. The number of hydrogen-bond donors (Lipinski definition) is 0. The molecule has 1 aliphatic rings. The van der Waals surface area contributed by atoms with Gasteiger partial charge < -0.3 is 18.7 Å². The monoisotopic (exact) mass is 440 g/mol. The van der Waals surface area contributed by atoms with Crippen LogP contribution in [-0.2, 0) is 18.6 Å². The maximum atomic E-state index is 11.7. The predicted molar refractivity (Wildman–Crippen MR) is 112 cm³/mol. The minimum absolute atomic E-state index is 0. The Hall–Kier alpha value is 0.620. The van der Waals surface area contributed by atoms with Gasteiger partial charge in [-0.15, -0.1) is 0 Å². The molecule has 166 valence electrons. The van der Waals surface area contributed by atoms with Crippen LogP contribution in [0, 0.1) is 0 Å². The van der Waals surface area contributed by atoms with Crippen molar-refractivity contribution in [2.45, 2.75) is 122 Å². The van der Waals surface area contributed by atoms with Gasteiger partial charge in [0.15, 0.2) is 0 Å². The molecule has 1 rings (SSSR count). The molecule has 0 N–H and O–H groups in total. The van der Waals surface area contributed by atoms with Crippen LogP contribution in [0.2, 0.25) is 0 Å². The average Bonchev–Trinajstić information content (AvgIpc) is 3.02. The van der Waals surface area contributed by atoms with Crippen molar-refractivity contribution in [1.29, 1.82) is 0 Å². The molecule has 0 aromatic carbocycles. The summed E-state index contributed by atoms with van der Waals surface area (Å²) in [4.78, 5) is 22.8. The second kappa shape index (κ2) is 19.3. The minimum atomic E-state index is -3.65. The van der Waals surface area contributed by atoms with Crippen molar-refractivity contribution in [2.75, 3.05) is 12.8 Å². The first-order valence-electron chi connectivity index (χ1n) is 11.7. The molecule has 0 radical (unpaired) electrons. The van der Waals surface area contributed by atoms with Crippen LogP contribution in [0.1, 0.15) is 116 Å². The molecule has 5 nitrogen and oxygen atoms in total. The summed E-state index contributed by atoms with van der Waals surface area (Å²) < 4.78 is 21.1. The van der Waals surface area contributed by atoms with E-state index in [1.807, 2.05) is 0 Å². The largest absolute Gasteiger partial charge is 1.00 e. The molecule has 0 spiro atoms. The van der Waals surface area contributed by atoms with Crippen LogP contribution in [0.25, 0.3) is 0 Å². The van der Waals surface area contributed by atoms with Gasteiger partial charge in [0.2, 0.25) is 0 Å². The Morgan fingerprint density at radius 2 is 1.34 bits per heavy atom. The van der Waals surface area contributed by atoms with Crippen molar-refractivity contribution in [1.82, 2.24) is 0 Å². The van der Waals surface area contributed by atoms with Crippen LogP contribution in [0.15, 0.2) is 0 Å². The Labute approximate surface area is 200 Å². The van der Waals surface area contributed by atoms with Gasteiger partial charge in [-0.25, -0.2) is 0 Å². The minimum Gasteiger partial charge on any atom is -0.778 e. The summed E-state index contributed by atoms with van der Waals surface area (Å²) in [6.07, 6.45) is 19.9. The molecule has 0 aliphatic carbocycles. The molecule has 2 atom stereocenters. The Morgan fingerprint density at radius 1 is 0.897 bits per heavy atom. The van der Waals surface area contributed by atoms with E-state index in [0.29, 0.717) is 12.8 Å². The van der Waals surface area contributed by atoms with Crippen molar-refractivity contribution in [3.05, 3.63) is 0 Å². The third kappa shape index (κ3) is 17.9. The molecule has 1 heterocycles. The Balaban J connectivity index is 0.00000784. The van der Waals surface area contributed by atoms with E-state index >= 15 is 0 Å². The number of rotatable bonds is 18. The zero-order chi connectivity index (χ0) is 20.5. The van der Waals surface area contributed by atoms with Crippen molar-refractivity contribution in [3.8, 4) is 0 Å². The number of unbranched alkanes of at least 4 members (excludes halogenated alkanes) is 14. The van der Waals surface area contributed by atoms with Crippen LogP contribution in [0.4, 0.5) is 0 Å². The summed E-state index contributed by atoms with van der Waals surface area (Å²) in [5.41, 5.74) is 0. The van der Waals surface area contributed by atoms with Crippen LogP contribution in [0.3, 0.4) is 0 Å². The van der Waals surface area contributed by atoms with Gasteiger partial charge >= 0.3 is 35.5 Å². The molecule has 1 aliphatic heterocycles. The summed E-state index contributed by atoms with van der Waals surface area (Å²) in [6.45, 7) is 2.32. The fourth-order valence-corrected chi connectivity index (χ4v) is 4.98. The van der Waals surface area contributed by atoms with E-state index in [2.05, 4.69) is 6.92 Å². The maximum Gasteiger partial charge on any atom is 1.00 e. The van der Waals surface area contributed by atoms with Crippen molar-refractivity contribution >= 4 is 13.6 Å². The van der Waals surface area contributed by atoms with E-state index in [1.54, 1.807) is 0 Å². The topological polar surface area (TPSA) is 75.7 Å². The smallest absolute Gasteiger partial charge is 0.778 e. The average molecular weight is 441 g/mol. The van der Waals surface area contributed by atoms with Crippen LogP contribution >= 0.6 is 7.60 Å². The molecule has 0 aromatic rings. The molecule has 0 aromatic heterocycles. The van der Waals surface area contributed by atoms with Gasteiger partial charge in [-0.1, -0.05) is 96.8 Å². The zero-order valence-corrected chi connectivity index (χ0v) is 21.9. The SMILES string of the molecule is CCCCCCCCCCCCCCCCCC(=O)OCC1CCP(=O)([O-])O1.[Na+]. The van der Waals surface area contributed by atoms with Gasteiger partial charge in [0, 0.05) is 12.6 Å². The molecule has 2 unspecified atom stereocenters. The second-order valence-electron chi connectivity index (χ2n) is 8.23. The van der Waals surface area contributed by atoms with Gasteiger partial charge in [-0.05, 0) is 12.8 Å². The van der Waals surface area contributed by atoms with Crippen LogP contribution < -0.4 is 34.5 Å². The quantitative estimate of drug-likeness (QED) is 0.142. The molecule has 0 bridgehead atoms. The van der Waals surface area contributed by atoms with E-state index in [9.17, 15) is 14.3 Å². The van der Waals surface area contributed by atoms with Gasteiger partial charge in [-0.2, -0.15) is 0 Å². The van der Waals surface area contributed by atoms with Gasteiger partial charge in [0.05, 0.1) is 6.10 Å². The van der Waals surface area contributed by atoms with Crippen molar-refractivity contribution < 1.29 is 53.1 Å². The van der Waals surface area contributed by atoms with Crippen molar-refractivity contribution in [3.63, 3.8) is 0 Å². The Bertz CT molecular complexity index is 447. The fourth-order valence-electron chi connectivity index (χ4n) is 3.65. The van der Waals surface area contributed by atoms with E-state index in [1.165, 1.54) is 83.5 Å². The fraction of sp³-hybridized carbons (Fsp3) is 0.955. The molecular weight excluding hydrogens is 398 g/mol. The number of carbonyl (C=O) groups is 1. The molecule has 7 heteroatoms. The van der Waals surface area contributed by atoms with Gasteiger partial charge in [0.25, 0.3) is 0 Å². The standard InChI is InChI=1S/C22H43O5P.Na/c1-2-3-4-5-6-7-8-9-10-11-12-13-14-15-16-17-22(23)26-20-21-18-19-28(24,25)27-21;/h21H,2-20H2,1H3,(H,24,25);/q;+1/p-1. The molecular formula is C22H42NaO5P. The first-order valence-corrected chi connectivity index (χ1v) is 13.4. The summed E-state index contributed by atoms with van der Waals surface area (Å²) in [5.74, 6) is -0.245. The zero-order valence-electron chi connectivity index (χ0n) is 19.0. The molecule has 0 saturated carbocycles. The summed E-state index contributed by atoms with van der Waals surface area (Å²) in [6, 6.07) is 0. The van der Waals surface area contributed by atoms with Crippen LogP contribution in [0.5, 0.6) is 0 Å². The number of esters is 1. The Morgan fingerprint density at radius 3 is 1.76 bits per heavy atom. The summed E-state index contributed by atoms with van der Waals surface area (Å²) >= 11 is 0. The number of hydrogen-bond acceptors (Lipinski definition) is 5. The first kappa shape index (κ1) is 29.6.